The van der Waals surface area contributed by atoms with Crippen LogP contribution in [0, 0.1) is 11.8 Å². The van der Waals surface area contributed by atoms with E-state index < -0.39 is 18.5 Å². The maximum atomic E-state index is 12.0. The lowest BCUT2D eigenvalue weighted by atomic mass is 10.1. The summed E-state index contributed by atoms with van der Waals surface area (Å²) < 4.78 is 47.3. The first-order valence-corrected chi connectivity index (χ1v) is 6.97. The molecule has 116 valence electrons. The van der Waals surface area contributed by atoms with Gasteiger partial charge < -0.3 is 14.8 Å². The molecule has 0 radical (unpaired) electrons. The number of allylic oxidation sites excluding steroid dienone is 3. The summed E-state index contributed by atoms with van der Waals surface area (Å²) in [7, 11) is 0. The van der Waals surface area contributed by atoms with Crippen LogP contribution in [0.25, 0.3) is 0 Å². The molecule has 1 saturated carbocycles. The second-order valence-corrected chi connectivity index (χ2v) is 5.58. The molecule has 1 aliphatic carbocycles. The monoisotopic (exact) mass is 303 g/mol. The Kier molecular flexibility index (Phi) is 3.59. The third kappa shape index (κ3) is 3.51. The van der Waals surface area contributed by atoms with Crippen LogP contribution in [-0.2, 0) is 14.3 Å². The number of alkyl halides is 3. The van der Waals surface area contributed by atoms with E-state index >= 15 is 0 Å². The second kappa shape index (κ2) is 5.27. The molecule has 3 rings (SSSR count). The van der Waals surface area contributed by atoms with E-state index in [-0.39, 0.29) is 24.5 Å². The minimum Gasteiger partial charge on any atom is -0.494 e. The van der Waals surface area contributed by atoms with E-state index in [1.54, 1.807) is 0 Å². The van der Waals surface area contributed by atoms with Gasteiger partial charge in [-0.3, -0.25) is 4.79 Å². The number of nitrogens with one attached hydrogen (secondary N) is 1. The van der Waals surface area contributed by atoms with E-state index in [1.165, 1.54) is 0 Å². The highest BCUT2D eigenvalue weighted by molar-refractivity contribution is 5.76. The van der Waals surface area contributed by atoms with E-state index in [0.29, 0.717) is 6.61 Å². The molecule has 7 heteroatoms. The Balaban J connectivity index is 1.44. The molecule has 0 aromatic heterocycles. The fourth-order valence-corrected chi connectivity index (χ4v) is 2.68. The van der Waals surface area contributed by atoms with Crippen LogP contribution >= 0.6 is 0 Å². The van der Waals surface area contributed by atoms with Gasteiger partial charge in [-0.15, -0.1) is 0 Å². The van der Waals surface area contributed by atoms with Crippen LogP contribution in [-0.4, -0.2) is 31.3 Å². The van der Waals surface area contributed by atoms with Gasteiger partial charge in [-0.25, -0.2) is 0 Å². The molecule has 3 atom stereocenters. The molecule has 4 nitrogen and oxygen atoms in total. The van der Waals surface area contributed by atoms with Gasteiger partial charge in [0.15, 0.2) is 6.10 Å². The molecule has 0 spiro atoms. The number of amides is 1. The van der Waals surface area contributed by atoms with Crippen LogP contribution in [0.1, 0.15) is 19.3 Å². The van der Waals surface area contributed by atoms with Gasteiger partial charge in [-0.05, 0) is 24.5 Å². The number of fused-ring (bicyclic) bond motifs is 1. The standard InChI is InChI=1S/C14H16F3NO3/c15-14(16,17)6-13(19)18-7-8-5-9(8)10-1-2-11-12(21-10)3-4-20-11/h1-2,8-9,12H,3-7H2,(H,18,19)/t8-,9+,12?/m0/s1. The van der Waals surface area contributed by atoms with Crippen molar-refractivity contribution in [1.29, 1.82) is 0 Å². The van der Waals surface area contributed by atoms with Crippen molar-refractivity contribution in [2.24, 2.45) is 11.8 Å². The summed E-state index contributed by atoms with van der Waals surface area (Å²) in [4.78, 5) is 11.1. The summed E-state index contributed by atoms with van der Waals surface area (Å²) in [6, 6.07) is 0. The van der Waals surface area contributed by atoms with Crippen molar-refractivity contribution in [2.45, 2.75) is 31.5 Å². The average Bonchev–Trinajstić information content (AvgIpc) is 3.01. The summed E-state index contributed by atoms with van der Waals surface area (Å²) in [6.07, 6.45) is -0.488. The number of ether oxygens (including phenoxy) is 2. The lowest BCUT2D eigenvalue weighted by molar-refractivity contribution is -0.153. The van der Waals surface area contributed by atoms with Crippen LogP contribution in [0.3, 0.4) is 0 Å². The van der Waals surface area contributed by atoms with Gasteiger partial charge in [0.1, 0.15) is 17.9 Å². The van der Waals surface area contributed by atoms with Gasteiger partial charge in [-0.1, -0.05) is 0 Å². The third-order valence-corrected chi connectivity index (χ3v) is 3.87. The van der Waals surface area contributed by atoms with Crippen molar-refractivity contribution in [3.05, 3.63) is 23.7 Å². The highest BCUT2D eigenvalue weighted by Crippen LogP contribution is 2.46. The Morgan fingerprint density at radius 1 is 1.33 bits per heavy atom. The van der Waals surface area contributed by atoms with Gasteiger partial charge in [0.25, 0.3) is 0 Å². The molecule has 2 heterocycles. The van der Waals surface area contributed by atoms with E-state index in [0.717, 1.165) is 24.4 Å². The number of hydrogen-bond donors (Lipinski definition) is 1. The van der Waals surface area contributed by atoms with E-state index in [9.17, 15) is 18.0 Å². The molecule has 1 N–H and O–H groups in total. The van der Waals surface area contributed by atoms with Crippen molar-refractivity contribution in [3.8, 4) is 0 Å². The molecule has 1 unspecified atom stereocenters. The first-order chi connectivity index (χ1) is 9.92. The van der Waals surface area contributed by atoms with E-state index in [2.05, 4.69) is 5.32 Å². The largest absolute Gasteiger partial charge is 0.494 e. The highest BCUT2D eigenvalue weighted by Gasteiger charge is 2.43. The Labute approximate surface area is 120 Å². The van der Waals surface area contributed by atoms with Crippen LogP contribution in [0.5, 0.6) is 0 Å². The fourth-order valence-electron chi connectivity index (χ4n) is 2.68. The third-order valence-electron chi connectivity index (χ3n) is 3.87. The zero-order chi connectivity index (χ0) is 15.0. The number of hydrogen-bond acceptors (Lipinski definition) is 3. The zero-order valence-electron chi connectivity index (χ0n) is 11.3. The Morgan fingerprint density at radius 3 is 2.86 bits per heavy atom. The molecule has 2 fully saturated rings. The predicted octanol–water partition coefficient (Wildman–Crippen LogP) is 2.28. The molecular formula is C14H16F3NO3. The molecule has 0 aromatic rings. The normalized spacial score (nSPS) is 30.5. The van der Waals surface area contributed by atoms with Crippen molar-refractivity contribution >= 4 is 5.91 Å². The Morgan fingerprint density at radius 2 is 2.10 bits per heavy atom. The maximum absolute atomic E-state index is 12.0. The molecule has 0 aromatic carbocycles. The number of carbonyl (C=O) groups excluding carboxylic acids is 1. The smallest absolute Gasteiger partial charge is 0.397 e. The van der Waals surface area contributed by atoms with Crippen molar-refractivity contribution < 1.29 is 27.4 Å². The Hall–Kier alpha value is -1.66. The van der Waals surface area contributed by atoms with Gasteiger partial charge in [-0.2, -0.15) is 13.2 Å². The van der Waals surface area contributed by atoms with Gasteiger partial charge in [0.2, 0.25) is 5.91 Å². The van der Waals surface area contributed by atoms with Crippen LogP contribution in [0.4, 0.5) is 13.2 Å². The molecule has 3 aliphatic rings. The fraction of sp³-hybridized carbons (Fsp3) is 0.643. The van der Waals surface area contributed by atoms with Crippen molar-refractivity contribution in [2.75, 3.05) is 13.2 Å². The van der Waals surface area contributed by atoms with Crippen LogP contribution in [0.15, 0.2) is 23.7 Å². The number of rotatable bonds is 4. The number of halogens is 3. The lowest BCUT2D eigenvalue weighted by Gasteiger charge is -2.20. The molecule has 1 saturated heterocycles. The highest BCUT2D eigenvalue weighted by atomic mass is 19.4. The molecule has 0 bridgehead atoms. The molecular weight excluding hydrogens is 287 g/mol. The first-order valence-electron chi connectivity index (χ1n) is 6.97. The van der Waals surface area contributed by atoms with E-state index in [4.69, 9.17) is 9.47 Å². The van der Waals surface area contributed by atoms with Gasteiger partial charge in [0, 0.05) is 18.9 Å². The lowest BCUT2D eigenvalue weighted by Crippen LogP contribution is -2.30. The average molecular weight is 303 g/mol. The molecule has 2 aliphatic heterocycles. The summed E-state index contributed by atoms with van der Waals surface area (Å²) in [5.41, 5.74) is 0. The summed E-state index contributed by atoms with van der Waals surface area (Å²) >= 11 is 0. The SMILES string of the molecule is O=C(CC(F)(F)F)NC[C@@H]1C[C@H]1C1=CC=C2OCCC2O1. The predicted molar refractivity (Wildman–Crippen MR) is 66.9 cm³/mol. The number of carbonyl (C=O) groups is 1. The first kappa shape index (κ1) is 14.3. The topological polar surface area (TPSA) is 47.6 Å². The van der Waals surface area contributed by atoms with E-state index in [1.807, 2.05) is 12.2 Å². The van der Waals surface area contributed by atoms with Crippen LogP contribution in [0.2, 0.25) is 0 Å². The van der Waals surface area contributed by atoms with Crippen molar-refractivity contribution in [1.82, 2.24) is 5.32 Å². The minimum absolute atomic E-state index is 0.0222. The second-order valence-electron chi connectivity index (χ2n) is 5.58. The van der Waals surface area contributed by atoms with Crippen LogP contribution < -0.4 is 5.32 Å². The van der Waals surface area contributed by atoms with Gasteiger partial charge in [0.05, 0.1) is 6.61 Å². The Bertz CT molecular complexity index is 498. The van der Waals surface area contributed by atoms with Crippen molar-refractivity contribution in [3.63, 3.8) is 0 Å². The zero-order valence-corrected chi connectivity index (χ0v) is 11.3. The summed E-state index contributed by atoms with van der Waals surface area (Å²) in [5.74, 6) is 1.07. The summed E-state index contributed by atoms with van der Waals surface area (Å²) in [5, 5.41) is 2.33. The maximum Gasteiger partial charge on any atom is 0.397 e. The quantitative estimate of drug-likeness (QED) is 0.867. The molecule has 21 heavy (non-hydrogen) atoms. The van der Waals surface area contributed by atoms with Gasteiger partial charge >= 0.3 is 6.18 Å². The molecule has 1 amide bonds. The summed E-state index contributed by atoms with van der Waals surface area (Å²) in [6.45, 7) is 0.914. The minimum atomic E-state index is -4.45.